The highest BCUT2D eigenvalue weighted by Gasteiger charge is 2.45. The molecule has 5 heteroatoms. The molecule has 0 heterocycles. The summed E-state index contributed by atoms with van der Waals surface area (Å²) in [6, 6.07) is 8.83. The van der Waals surface area contributed by atoms with Crippen molar-refractivity contribution >= 4 is 17.7 Å². The molecule has 0 N–H and O–H groups in total. The third-order valence-corrected chi connectivity index (χ3v) is 3.85. The van der Waals surface area contributed by atoms with E-state index in [2.05, 4.69) is 4.74 Å². The van der Waals surface area contributed by atoms with Crippen molar-refractivity contribution in [2.24, 2.45) is 0 Å². The molecule has 0 fully saturated rings. The van der Waals surface area contributed by atoms with Crippen LogP contribution in [0.2, 0.25) is 0 Å². The number of hydrogen-bond donors (Lipinski definition) is 0. The molecule has 0 atom stereocenters. The topological polar surface area (TPSA) is 26.3 Å². The van der Waals surface area contributed by atoms with Gasteiger partial charge in [-0.2, -0.15) is 8.78 Å². The minimum Gasteiger partial charge on any atom is -0.461 e. The van der Waals surface area contributed by atoms with E-state index in [9.17, 15) is 13.6 Å². The van der Waals surface area contributed by atoms with E-state index in [0.29, 0.717) is 11.3 Å². The summed E-state index contributed by atoms with van der Waals surface area (Å²) in [5.74, 6) is -5.10. The SMILES string of the molecule is CCCC/C=C(/Sc1ccccc1)C(F)(F)C(=O)OCC. The van der Waals surface area contributed by atoms with Gasteiger partial charge >= 0.3 is 11.9 Å². The molecule has 116 valence electrons. The first-order chi connectivity index (χ1) is 10.0. The molecule has 0 aromatic heterocycles. The Morgan fingerprint density at radius 2 is 1.95 bits per heavy atom. The van der Waals surface area contributed by atoms with E-state index in [1.165, 1.54) is 13.0 Å². The second-order valence-electron chi connectivity index (χ2n) is 4.42. The number of thioether (sulfide) groups is 1. The smallest absolute Gasteiger partial charge is 0.382 e. The van der Waals surface area contributed by atoms with Gasteiger partial charge in [0.1, 0.15) is 0 Å². The molecule has 1 aromatic carbocycles. The first-order valence-corrected chi connectivity index (χ1v) is 7.82. The quantitative estimate of drug-likeness (QED) is 0.381. The number of alkyl halides is 2. The number of esters is 1. The van der Waals surface area contributed by atoms with Crippen molar-refractivity contribution in [1.29, 1.82) is 0 Å². The van der Waals surface area contributed by atoms with Crippen LogP contribution in [0, 0.1) is 0 Å². The van der Waals surface area contributed by atoms with Crippen LogP contribution in [0.3, 0.4) is 0 Å². The van der Waals surface area contributed by atoms with Gasteiger partial charge in [0.05, 0.1) is 11.5 Å². The standard InChI is InChI=1S/C16H20F2O2S/c1-3-5-7-12-14(16(17,18)15(19)20-4-2)21-13-10-8-6-9-11-13/h6,8-12H,3-5,7H2,1-2H3/b14-12+. The van der Waals surface area contributed by atoms with Crippen LogP contribution in [0.15, 0.2) is 46.2 Å². The Morgan fingerprint density at radius 3 is 2.52 bits per heavy atom. The Labute approximate surface area is 128 Å². The van der Waals surface area contributed by atoms with Gasteiger partial charge < -0.3 is 4.74 Å². The fourth-order valence-electron chi connectivity index (χ4n) is 1.61. The molecule has 0 aliphatic heterocycles. The summed E-state index contributed by atoms with van der Waals surface area (Å²) in [7, 11) is 0. The average Bonchev–Trinajstić information content (AvgIpc) is 2.47. The molecule has 0 saturated heterocycles. The number of carbonyl (C=O) groups excluding carboxylic acids is 1. The van der Waals surface area contributed by atoms with Crippen molar-refractivity contribution in [2.75, 3.05) is 6.61 Å². The fraction of sp³-hybridized carbons (Fsp3) is 0.438. The van der Waals surface area contributed by atoms with E-state index in [1.54, 1.807) is 24.3 Å². The van der Waals surface area contributed by atoms with E-state index < -0.39 is 11.9 Å². The first-order valence-electron chi connectivity index (χ1n) is 7.00. The van der Waals surface area contributed by atoms with Crippen LogP contribution >= 0.6 is 11.8 Å². The minimum atomic E-state index is -3.61. The molecule has 0 unspecified atom stereocenters. The second-order valence-corrected chi connectivity index (χ2v) is 5.54. The number of ether oxygens (including phenoxy) is 1. The lowest BCUT2D eigenvalue weighted by atomic mass is 10.2. The predicted molar refractivity (Wildman–Crippen MR) is 81.5 cm³/mol. The zero-order valence-corrected chi connectivity index (χ0v) is 13.1. The summed E-state index contributed by atoms with van der Waals surface area (Å²) in [5, 5.41) is 0. The zero-order chi connectivity index (χ0) is 15.7. The largest absolute Gasteiger partial charge is 0.461 e. The number of carbonyl (C=O) groups is 1. The number of halogens is 2. The molecule has 0 bridgehead atoms. The third kappa shape index (κ3) is 5.50. The molecule has 0 spiro atoms. The van der Waals surface area contributed by atoms with E-state index in [1.807, 2.05) is 13.0 Å². The van der Waals surface area contributed by atoms with Crippen LogP contribution in [0.1, 0.15) is 33.1 Å². The molecule has 2 nitrogen and oxygen atoms in total. The summed E-state index contributed by atoms with van der Waals surface area (Å²) >= 11 is 0.911. The average molecular weight is 314 g/mol. The summed E-state index contributed by atoms with van der Waals surface area (Å²) in [6.07, 6.45) is 3.67. The third-order valence-electron chi connectivity index (χ3n) is 2.70. The monoisotopic (exact) mass is 314 g/mol. The van der Waals surface area contributed by atoms with E-state index in [-0.39, 0.29) is 11.5 Å². The summed E-state index contributed by atoms with van der Waals surface area (Å²) in [4.78, 5) is 11.9. The van der Waals surface area contributed by atoms with Gasteiger partial charge in [-0.1, -0.05) is 55.8 Å². The fourth-order valence-corrected chi connectivity index (χ4v) is 2.57. The lowest BCUT2D eigenvalue weighted by molar-refractivity contribution is -0.165. The molecule has 0 aliphatic rings. The summed E-state index contributed by atoms with van der Waals surface area (Å²) in [6.45, 7) is 3.44. The normalized spacial score (nSPS) is 12.3. The molecule has 0 amide bonds. The maximum Gasteiger partial charge on any atom is 0.382 e. The van der Waals surface area contributed by atoms with Crippen molar-refractivity contribution < 1.29 is 18.3 Å². The van der Waals surface area contributed by atoms with Gasteiger partial charge in [-0.05, 0) is 25.5 Å². The van der Waals surface area contributed by atoms with Gasteiger partial charge in [-0.25, -0.2) is 4.79 Å². The summed E-state index contributed by atoms with van der Waals surface area (Å²) in [5.41, 5.74) is 0. The number of hydrogen-bond acceptors (Lipinski definition) is 3. The molecule has 0 radical (unpaired) electrons. The van der Waals surface area contributed by atoms with Crippen molar-refractivity contribution in [1.82, 2.24) is 0 Å². The lowest BCUT2D eigenvalue weighted by Gasteiger charge is -2.18. The van der Waals surface area contributed by atoms with Gasteiger partial charge in [-0.3, -0.25) is 0 Å². The maximum absolute atomic E-state index is 14.2. The Bertz CT molecular complexity index is 472. The minimum absolute atomic E-state index is 0.0628. The van der Waals surface area contributed by atoms with Gasteiger partial charge in [-0.15, -0.1) is 0 Å². The molecule has 1 rings (SSSR count). The van der Waals surface area contributed by atoms with Gasteiger partial charge in [0, 0.05) is 4.90 Å². The summed E-state index contributed by atoms with van der Waals surface area (Å²) < 4.78 is 32.9. The maximum atomic E-state index is 14.2. The van der Waals surface area contributed by atoms with Crippen LogP contribution in [0.4, 0.5) is 8.78 Å². The molecular weight excluding hydrogens is 294 g/mol. The van der Waals surface area contributed by atoms with Crippen molar-refractivity contribution in [3.8, 4) is 0 Å². The van der Waals surface area contributed by atoms with Gasteiger partial charge in [0.25, 0.3) is 0 Å². The highest BCUT2D eigenvalue weighted by atomic mass is 32.2. The van der Waals surface area contributed by atoms with Gasteiger partial charge in [0.15, 0.2) is 0 Å². The molecule has 0 aliphatic carbocycles. The zero-order valence-electron chi connectivity index (χ0n) is 12.3. The molecular formula is C16H20F2O2S. The Morgan fingerprint density at radius 1 is 1.29 bits per heavy atom. The molecule has 1 aromatic rings. The number of benzene rings is 1. The number of unbranched alkanes of at least 4 members (excludes halogenated alkanes) is 2. The van der Waals surface area contributed by atoms with Crippen LogP contribution in [0.25, 0.3) is 0 Å². The second kappa shape index (κ2) is 8.82. The number of allylic oxidation sites excluding steroid dienone is 1. The molecule has 0 saturated carbocycles. The molecule has 21 heavy (non-hydrogen) atoms. The van der Waals surface area contributed by atoms with Crippen LogP contribution in [0.5, 0.6) is 0 Å². The van der Waals surface area contributed by atoms with Gasteiger partial charge in [0.2, 0.25) is 0 Å². The van der Waals surface area contributed by atoms with Crippen LogP contribution in [-0.2, 0) is 9.53 Å². The number of rotatable bonds is 8. The predicted octanol–water partition coefficient (Wildman–Crippen LogP) is 5.05. The van der Waals surface area contributed by atoms with Crippen molar-refractivity contribution in [2.45, 2.75) is 43.9 Å². The van der Waals surface area contributed by atoms with Crippen LogP contribution < -0.4 is 0 Å². The van der Waals surface area contributed by atoms with Crippen molar-refractivity contribution in [3.63, 3.8) is 0 Å². The highest BCUT2D eigenvalue weighted by Crippen LogP contribution is 2.39. The van der Waals surface area contributed by atoms with Crippen LogP contribution in [-0.4, -0.2) is 18.5 Å². The van der Waals surface area contributed by atoms with E-state index >= 15 is 0 Å². The Hall–Kier alpha value is -1.36. The Kier molecular flexibility index (Phi) is 7.43. The van der Waals surface area contributed by atoms with Crippen molar-refractivity contribution in [3.05, 3.63) is 41.3 Å². The van der Waals surface area contributed by atoms with E-state index in [0.717, 1.165) is 24.6 Å². The highest BCUT2D eigenvalue weighted by molar-refractivity contribution is 8.03. The Balaban J connectivity index is 2.96. The first kappa shape index (κ1) is 17.7. The lowest BCUT2D eigenvalue weighted by Crippen LogP contribution is -2.32. The van der Waals surface area contributed by atoms with E-state index in [4.69, 9.17) is 0 Å².